The number of hydrogen-bond acceptors (Lipinski definition) is 3. The molecule has 1 fully saturated rings. The fraction of sp³-hybridized carbons (Fsp3) is 0.417. The summed E-state index contributed by atoms with van der Waals surface area (Å²) in [6.45, 7) is 6.63. The molecule has 0 spiro atoms. The summed E-state index contributed by atoms with van der Waals surface area (Å²) in [7, 11) is 0. The number of piperidine rings is 1. The summed E-state index contributed by atoms with van der Waals surface area (Å²) < 4.78 is 0. The Bertz CT molecular complexity index is 916. The molecular weight excluding hydrogens is 382 g/mol. The van der Waals surface area contributed by atoms with Crippen LogP contribution < -0.4 is 0 Å². The average molecular weight is 410 g/mol. The molecule has 2 aromatic rings. The van der Waals surface area contributed by atoms with Gasteiger partial charge in [0.05, 0.1) is 18.3 Å². The maximum absolute atomic E-state index is 13.2. The number of carbonyl (C=O) groups excluding carboxylic acids is 1. The number of amides is 1. The van der Waals surface area contributed by atoms with Gasteiger partial charge in [0.25, 0.3) is 5.91 Å². The maximum atomic E-state index is 13.2. The lowest BCUT2D eigenvalue weighted by Crippen LogP contribution is -2.40. The molecule has 0 aliphatic carbocycles. The second-order valence-corrected chi connectivity index (χ2v) is 8.65. The Balaban J connectivity index is 1.64. The van der Waals surface area contributed by atoms with E-state index in [2.05, 4.69) is 36.9 Å². The minimum atomic E-state index is -0.0838. The Kier molecular flexibility index (Phi) is 6.02. The molecule has 152 valence electrons. The van der Waals surface area contributed by atoms with E-state index in [0.717, 1.165) is 36.3 Å². The monoisotopic (exact) mass is 409 g/mol. The minimum Gasteiger partial charge on any atom is -0.294 e. The molecule has 2 aromatic carbocycles. The fourth-order valence-electron chi connectivity index (χ4n) is 4.28. The van der Waals surface area contributed by atoms with Crippen LogP contribution in [0.1, 0.15) is 54.0 Å². The highest BCUT2D eigenvalue weighted by atomic mass is 35.5. The first-order valence-electron chi connectivity index (χ1n) is 10.5. The van der Waals surface area contributed by atoms with Crippen LogP contribution in [0.2, 0.25) is 5.02 Å². The molecule has 4 rings (SSSR count). The Labute approximate surface area is 178 Å². The molecule has 1 saturated heterocycles. The molecule has 0 saturated carbocycles. The van der Waals surface area contributed by atoms with Crippen molar-refractivity contribution in [2.45, 2.75) is 45.6 Å². The molecule has 2 aliphatic rings. The predicted molar refractivity (Wildman–Crippen MR) is 118 cm³/mol. The number of nitrogens with zero attached hydrogens (tertiary/aromatic N) is 3. The minimum absolute atomic E-state index is 0.0761. The summed E-state index contributed by atoms with van der Waals surface area (Å²) in [6, 6.07) is 14.1. The summed E-state index contributed by atoms with van der Waals surface area (Å²) in [4.78, 5) is 15.5. The number of hydrogen-bond donors (Lipinski definition) is 0. The van der Waals surface area contributed by atoms with Crippen molar-refractivity contribution in [2.75, 3.05) is 19.6 Å². The second-order valence-electron chi connectivity index (χ2n) is 8.21. The third-order valence-corrected chi connectivity index (χ3v) is 6.18. The molecule has 2 heterocycles. The van der Waals surface area contributed by atoms with E-state index in [0.29, 0.717) is 11.6 Å². The van der Waals surface area contributed by atoms with Gasteiger partial charge in [0.1, 0.15) is 0 Å². The van der Waals surface area contributed by atoms with Crippen molar-refractivity contribution in [3.63, 3.8) is 0 Å². The number of aryl methyl sites for hydroxylation is 2. The zero-order valence-electron chi connectivity index (χ0n) is 17.2. The largest absolute Gasteiger partial charge is 0.294 e. The van der Waals surface area contributed by atoms with E-state index in [1.807, 2.05) is 24.3 Å². The molecule has 29 heavy (non-hydrogen) atoms. The van der Waals surface area contributed by atoms with Crippen LogP contribution in [0.3, 0.4) is 0 Å². The van der Waals surface area contributed by atoms with Crippen molar-refractivity contribution in [3.05, 3.63) is 69.7 Å². The third kappa shape index (κ3) is 4.54. The van der Waals surface area contributed by atoms with Gasteiger partial charge in [-0.1, -0.05) is 47.9 Å². The molecular formula is C24H28ClN3O. The molecule has 0 unspecified atom stereocenters. The third-order valence-electron chi connectivity index (χ3n) is 5.93. The molecule has 0 bridgehead atoms. The number of carbonyl (C=O) groups is 1. The van der Waals surface area contributed by atoms with Crippen molar-refractivity contribution in [1.29, 1.82) is 0 Å². The molecule has 0 radical (unpaired) electrons. The zero-order chi connectivity index (χ0) is 20.4. The SMILES string of the molecule is Cc1ccc(C)c(C2=NN(C(=O)CN3CCCCC3)[C@H](c3ccc(Cl)cc3)C2)c1. The van der Waals surface area contributed by atoms with E-state index in [4.69, 9.17) is 16.7 Å². The molecule has 0 N–H and O–H groups in total. The van der Waals surface area contributed by atoms with Gasteiger partial charge in [-0.05, 0) is 69.1 Å². The first-order chi connectivity index (χ1) is 14.0. The van der Waals surface area contributed by atoms with E-state index in [9.17, 15) is 4.79 Å². The van der Waals surface area contributed by atoms with Crippen molar-refractivity contribution in [3.8, 4) is 0 Å². The number of rotatable bonds is 4. The van der Waals surface area contributed by atoms with E-state index in [1.165, 1.54) is 30.4 Å². The lowest BCUT2D eigenvalue weighted by molar-refractivity contribution is -0.134. The Morgan fingerprint density at radius 1 is 1.07 bits per heavy atom. The highest BCUT2D eigenvalue weighted by molar-refractivity contribution is 6.30. The van der Waals surface area contributed by atoms with Gasteiger partial charge in [0, 0.05) is 17.0 Å². The van der Waals surface area contributed by atoms with Crippen LogP contribution >= 0.6 is 11.6 Å². The van der Waals surface area contributed by atoms with Crippen molar-refractivity contribution < 1.29 is 4.79 Å². The number of likely N-dealkylation sites (tertiary alicyclic amines) is 1. The van der Waals surface area contributed by atoms with Crippen LogP contribution in [0.25, 0.3) is 0 Å². The van der Waals surface area contributed by atoms with Crippen molar-refractivity contribution >= 4 is 23.2 Å². The van der Waals surface area contributed by atoms with Gasteiger partial charge in [-0.2, -0.15) is 5.10 Å². The van der Waals surface area contributed by atoms with Gasteiger partial charge in [0.15, 0.2) is 0 Å². The van der Waals surface area contributed by atoms with Crippen LogP contribution in [0, 0.1) is 13.8 Å². The topological polar surface area (TPSA) is 35.9 Å². The predicted octanol–water partition coefficient (Wildman–Crippen LogP) is 5.12. The highest BCUT2D eigenvalue weighted by Gasteiger charge is 2.34. The van der Waals surface area contributed by atoms with E-state index < -0.39 is 0 Å². The first kappa shape index (κ1) is 20.1. The molecule has 0 aromatic heterocycles. The Morgan fingerprint density at radius 2 is 1.79 bits per heavy atom. The summed E-state index contributed by atoms with van der Waals surface area (Å²) in [5.41, 5.74) is 5.59. The summed E-state index contributed by atoms with van der Waals surface area (Å²) in [5.74, 6) is 0.0761. The molecule has 1 amide bonds. The zero-order valence-corrected chi connectivity index (χ0v) is 18.0. The standard InChI is InChI=1S/C24H28ClN3O/c1-17-6-7-18(2)21(14-17)22-15-23(19-8-10-20(25)11-9-19)28(26-22)24(29)16-27-12-4-3-5-13-27/h6-11,14,23H,3-5,12-13,15-16H2,1-2H3/t23-/m0/s1. The van der Waals surface area contributed by atoms with E-state index >= 15 is 0 Å². The van der Waals surface area contributed by atoms with Gasteiger partial charge >= 0.3 is 0 Å². The smallest absolute Gasteiger partial charge is 0.257 e. The van der Waals surface area contributed by atoms with E-state index in [1.54, 1.807) is 5.01 Å². The van der Waals surface area contributed by atoms with Crippen LogP contribution in [0.5, 0.6) is 0 Å². The lowest BCUT2D eigenvalue weighted by atomic mass is 9.95. The normalized spacial score (nSPS) is 20.0. The van der Waals surface area contributed by atoms with Gasteiger partial charge in [-0.3, -0.25) is 9.69 Å². The van der Waals surface area contributed by atoms with Gasteiger partial charge in [-0.25, -0.2) is 5.01 Å². The molecule has 4 nitrogen and oxygen atoms in total. The number of halogens is 1. The number of benzene rings is 2. The van der Waals surface area contributed by atoms with E-state index in [-0.39, 0.29) is 11.9 Å². The molecule has 2 aliphatic heterocycles. The summed E-state index contributed by atoms with van der Waals surface area (Å²) in [5, 5.41) is 7.27. The van der Waals surface area contributed by atoms with Gasteiger partial charge in [0.2, 0.25) is 0 Å². The van der Waals surface area contributed by atoms with Crippen LogP contribution in [-0.2, 0) is 4.79 Å². The fourth-order valence-corrected chi connectivity index (χ4v) is 4.40. The summed E-state index contributed by atoms with van der Waals surface area (Å²) >= 11 is 6.09. The highest BCUT2D eigenvalue weighted by Crippen LogP contribution is 2.34. The van der Waals surface area contributed by atoms with Crippen LogP contribution in [0.15, 0.2) is 47.6 Å². The number of hydrazone groups is 1. The van der Waals surface area contributed by atoms with Crippen molar-refractivity contribution in [1.82, 2.24) is 9.91 Å². The van der Waals surface area contributed by atoms with Gasteiger partial charge < -0.3 is 0 Å². The Hall–Kier alpha value is -2.17. The first-order valence-corrected chi connectivity index (χ1v) is 10.8. The maximum Gasteiger partial charge on any atom is 0.257 e. The van der Waals surface area contributed by atoms with Gasteiger partial charge in [-0.15, -0.1) is 0 Å². The average Bonchev–Trinajstić information content (AvgIpc) is 3.16. The second kappa shape index (κ2) is 8.68. The van der Waals surface area contributed by atoms with Crippen molar-refractivity contribution in [2.24, 2.45) is 5.10 Å². The molecule has 1 atom stereocenters. The lowest BCUT2D eigenvalue weighted by Gasteiger charge is -2.29. The van der Waals surface area contributed by atoms with Crippen LogP contribution in [-0.4, -0.2) is 41.2 Å². The summed E-state index contributed by atoms with van der Waals surface area (Å²) in [6.07, 6.45) is 4.32. The Morgan fingerprint density at radius 3 is 2.52 bits per heavy atom. The van der Waals surface area contributed by atoms with Crippen LogP contribution in [0.4, 0.5) is 0 Å². The molecule has 5 heteroatoms. The quantitative estimate of drug-likeness (QED) is 0.702.